The summed E-state index contributed by atoms with van der Waals surface area (Å²) in [6.07, 6.45) is -0.989. The van der Waals surface area contributed by atoms with Crippen molar-refractivity contribution in [2.45, 2.75) is 52.8 Å². The van der Waals surface area contributed by atoms with Crippen molar-refractivity contribution in [3.8, 4) is 0 Å². The fourth-order valence-corrected chi connectivity index (χ4v) is 2.62. The number of non-ortho nitro benzene ring substituents is 1. The number of esters is 1. The minimum Gasteiger partial charge on any atom is -0.451 e. The van der Waals surface area contributed by atoms with Crippen LogP contribution in [0.25, 0.3) is 0 Å². The van der Waals surface area contributed by atoms with E-state index in [-0.39, 0.29) is 29.2 Å². The zero-order valence-corrected chi connectivity index (χ0v) is 16.1. The van der Waals surface area contributed by atoms with Crippen LogP contribution in [-0.4, -0.2) is 52.3 Å². The Bertz CT molecular complexity index is 709. The summed E-state index contributed by atoms with van der Waals surface area (Å²) in [5, 5.41) is 13.1. The summed E-state index contributed by atoms with van der Waals surface area (Å²) in [6.45, 7) is 8.48. The van der Waals surface area contributed by atoms with Crippen LogP contribution >= 0.6 is 0 Å². The van der Waals surface area contributed by atoms with E-state index in [1.165, 1.54) is 25.1 Å². The van der Waals surface area contributed by atoms with Crippen molar-refractivity contribution in [3.63, 3.8) is 0 Å². The number of nitro benzene ring substituents is 1. The van der Waals surface area contributed by atoms with E-state index in [4.69, 9.17) is 4.74 Å². The van der Waals surface area contributed by atoms with Crippen LogP contribution < -0.4 is 5.32 Å². The molecule has 0 radical (unpaired) electrons. The third kappa shape index (κ3) is 6.36. The fraction of sp³-hybridized carbons (Fsp3) is 0.500. The van der Waals surface area contributed by atoms with Gasteiger partial charge in [0.15, 0.2) is 6.10 Å². The Morgan fingerprint density at radius 1 is 1.15 bits per heavy atom. The van der Waals surface area contributed by atoms with Crippen molar-refractivity contribution in [2.75, 3.05) is 6.54 Å². The number of nitrogens with one attached hydrogen (secondary N) is 1. The molecule has 1 unspecified atom stereocenters. The molecule has 1 rings (SSSR count). The predicted molar refractivity (Wildman–Crippen MR) is 98.1 cm³/mol. The summed E-state index contributed by atoms with van der Waals surface area (Å²) >= 11 is 0. The van der Waals surface area contributed by atoms with E-state index in [1.54, 1.807) is 4.90 Å². The highest BCUT2D eigenvalue weighted by atomic mass is 16.6. The summed E-state index contributed by atoms with van der Waals surface area (Å²) < 4.78 is 5.09. The van der Waals surface area contributed by atoms with Gasteiger partial charge in [-0.15, -0.1) is 0 Å². The number of hydrogen-bond donors (Lipinski definition) is 1. The van der Waals surface area contributed by atoms with Gasteiger partial charge in [0, 0.05) is 29.8 Å². The minimum absolute atomic E-state index is 0.0481. The van der Waals surface area contributed by atoms with Gasteiger partial charge < -0.3 is 15.0 Å². The summed E-state index contributed by atoms with van der Waals surface area (Å²) in [5.74, 6) is -1.75. The molecule has 1 atom stereocenters. The lowest BCUT2D eigenvalue weighted by molar-refractivity contribution is -0.384. The smallest absolute Gasteiger partial charge is 0.326 e. The third-order valence-electron chi connectivity index (χ3n) is 3.74. The highest BCUT2D eigenvalue weighted by molar-refractivity contribution is 5.96. The second kappa shape index (κ2) is 9.65. The molecule has 0 bridgehead atoms. The lowest BCUT2D eigenvalue weighted by Gasteiger charge is -2.32. The molecule has 1 aromatic carbocycles. The monoisotopic (exact) mass is 379 g/mol. The summed E-state index contributed by atoms with van der Waals surface area (Å²) in [7, 11) is 0. The molecule has 9 nitrogen and oxygen atoms in total. The van der Waals surface area contributed by atoms with Gasteiger partial charge >= 0.3 is 5.97 Å². The molecule has 27 heavy (non-hydrogen) atoms. The minimum atomic E-state index is -0.989. The topological polar surface area (TPSA) is 119 Å². The Labute approximate surface area is 157 Å². The standard InChI is InChI=1S/C18H25N3O6/c1-11(2)20(12(3)4)18(24)13(5)27-16(22)10-19-17(23)14-7-6-8-15(9-14)21(25)26/h6-9,11-13H,10H2,1-5H3,(H,19,23). The number of ether oxygens (including phenoxy) is 1. The average Bonchev–Trinajstić information content (AvgIpc) is 2.58. The molecule has 0 aromatic heterocycles. The number of carbonyl (C=O) groups excluding carboxylic acids is 3. The van der Waals surface area contributed by atoms with Crippen molar-refractivity contribution >= 4 is 23.5 Å². The summed E-state index contributed by atoms with van der Waals surface area (Å²) in [5.41, 5.74) is -0.182. The number of amides is 2. The van der Waals surface area contributed by atoms with Gasteiger partial charge in [0.2, 0.25) is 0 Å². The van der Waals surface area contributed by atoms with Gasteiger partial charge in [-0.05, 0) is 40.7 Å². The maximum atomic E-state index is 12.4. The van der Waals surface area contributed by atoms with Gasteiger partial charge in [-0.2, -0.15) is 0 Å². The first-order valence-electron chi connectivity index (χ1n) is 8.58. The first-order chi connectivity index (χ1) is 12.5. The second-order valence-electron chi connectivity index (χ2n) is 6.56. The number of carbonyl (C=O) groups is 3. The van der Waals surface area contributed by atoms with Crippen LogP contribution in [0.3, 0.4) is 0 Å². The largest absolute Gasteiger partial charge is 0.451 e. The molecule has 1 N–H and O–H groups in total. The molecule has 0 heterocycles. The Morgan fingerprint density at radius 3 is 2.26 bits per heavy atom. The van der Waals surface area contributed by atoms with E-state index in [9.17, 15) is 24.5 Å². The maximum Gasteiger partial charge on any atom is 0.326 e. The van der Waals surface area contributed by atoms with Crippen LogP contribution in [0.4, 0.5) is 5.69 Å². The van der Waals surface area contributed by atoms with Gasteiger partial charge in [-0.3, -0.25) is 24.5 Å². The fourth-order valence-electron chi connectivity index (χ4n) is 2.62. The van der Waals surface area contributed by atoms with Crippen molar-refractivity contribution in [2.24, 2.45) is 0 Å². The molecule has 0 aliphatic carbocycles. The normalized spacial score (nSPS) is 11.8. The third-order valence-corrected chi connectivity index (χ3v) is 3.74. The Balaban J connectivity index is 2.62. The number of nitrogens with zero attached hydrogens (tertiary/aromatic N) is 2. The lowest BCUT2D eigenvalue weighted by Crippen LogP contribution is -2.48. The first-order valence-corrected chi connectivity index (χ1v) is 8.58. The molecule has 0 aliphatic heterocycles. The van der Waals surface area contributed by atoms with Gasteiger partial charge in [0.25, 0.3) is 17.5 Å². The lowest BCUT2D eigenvalue weighted by atomic mass is 10.2. The second-order valence-corrected chi connectivity index (χ2v) is 6.56. The molecule has 0 aliphatic rings. The maximum absolute atomic E-state index is 12.4. The van der Waals surface area contributed by atoms with Gasteiger partial charge in [-0.1, -0.05) is 6.07 Å². The van der Waals surface area contributed by atoms with E-state index in [0.29, 0.717) is 0 Å². The molecule has 0 fully saturated rings. The van der Waals surface area contributed by atoms with E-state index in [1.807, 2.05) is 27.7 Å². The van der Waals surface area contributed by atoms with Crippen molar-refractivity contribution in [1.29, 1.82) is 0 Å². The summed E-state index contributed by atoms with van der Waals surface area (Å²) in [6, 6.07) is 5.03. The van der Waals surface area contributed by atoms with Crippen molar-refractivity contribution < 1.29 is 24.0 Å². The van der Waals surface area contributed by atoms with Gasteiger partial charge in [0.05, 0.1) is 4.92 Å². The molecule has 0 saturated carbocycles. The van der Waals surface area contributed by atoms with E-state index < -0.39 is 29.4 Å². The van der Waals surface area contributed by atoms with E-state index in [0.717, 1.165) is 6.07 Å². The molecule has 1 aromatic rings. The summed E-state index contributed by atoms with van der Waals surface area (Å²) in [4.78, 5) is 48.1. The van der Waals surface area contributed by atoms with Gasteiger partial charge in [0.1, 0.15) is 6.54 Å². The van der Waals surface area contributed by atoms with Crippen LogP contribution in [-0.2, 0) is 14.3 Å². The van der Waals surface area contributed by atoms with Crippen LogP contribution in [0.2, 0.25) is 0 Å². The first kappa shape index (κ1) is 22.1. The van der Waals surface area contributed by atoms with Crippen LogP contribution in [0.1, 0.15) is 45.0 Å². The molecule has 2 amide bonds. The zero-order valence-electron chi connectivity index (χ0n) is 16.1. The quantitative estimate of drug-likeness (QED) is 0.419. The molecular weight excluding hydrogens is 354 g/mol. The number of nitro groups is 1. The molecular formula is C18H25N3O6. The highest BCUT2D eigenvalue weighted by Crippen LogP contribution is 2.13. The van der Waals surface area contributed by atoms with Crippen molar-refractivity contribution in [3.05, 3.63) is 39.9 Å². The van der Waals surface area contributed by atoms with Crippen molar-refractivity contribution in [1.82, 2.24) is 10.2 Å². The Hall–Kier alpha value is -2.97. The Kier molecular flexibility index (Phi) is 7.89. The predicted octanol–water partition coefficient (Wildman–Crippen LogP) is 1.90. The molecule has 9 heteroatoms. The molecule has 148 valence electrons. The SMILES string of the molecule is CC(OC(=O)CNC(=O)c1cccc([N+](=O)[O-])c1)C(=O)N(C(C)C)C(C)C. The Morgan fingerprint density at radius 2 is 1.74 bits per heavy atom. The molecule has 0 spiro atoms. The highest BCUT2D eigenvalue weighted by Gasteiger charge is 2.27. The van der Waals surface area contributed by atoms with E-state index in [2.05, 4.69) is 5.32 Å². The van der Waals surface area contributed by atoms with Crippen LogP contribution in [0.5, 0.6) is 0 Å². The number of hydrogen-bond acceptors (Lipinski definition) is 6. The number of rotatable bonds is 8. The number of benzene rings is 1. The zero-order chi connectivity index (χ0) is 20.7. The van der Waals surface area contributed by atoms with Gasteiger partial charge in [-0.25, -0.2) is 0 Å². The average molecular weight is 379 g/mol. The van der Waals surface area contributed by atoms with E-state index >= 15 is 0 Å². The van der Waals surface area contributed by atoms with Crippen LogP contribution in [0.15, 0.2) is 24.3 Å². The molecule has 0 saturated heterocycles. The van der Waals surface area contributed by atoms with Crippen LogP contribution in [0, 0.1) is 10.1 Å².